The van der Waals surface area contributed by atoms with E-state index in [2.05, 4.69) is 98.7 Å². The second-order valence-electron chi connectivity index (χ2n) is 11.2. The number of hydrogen-bond donors (Lipinski definition) is 2. The summed E-state index contributed by atoms with van der Waals surface area (Å²) in [6.45, 7) is 13.5. The van der Waals surface area contributed by atoms with Gasteiger partial charge in [0, 0.05) is 30.5 Å². The van der Waals surface area contributed by atoms with Crippen molar-refractivity contribution in [2.75, 3.05) is 7.05 Å². The van der Waals surface area contributed by atoms with E-state index in [1.165, 1.54) is 68.7 Å². The molecule has 0 aliphatic heterocycles. The predicted molar refractivity (Wildman–Crippen MR) is 189 cm³/mol. The number of carbonyl (C=O) groups excluding carboxylic acids is 1. The van der Waals surface area contributed by atoms with E-state index in [0.717, 1.165) is 54.4 Å². The zero-order valence-corrected chi connectivity index (χ0v) is 29.2. The number of carbonyl (C=O) groups is 1. The van der Waals surface area contributed by atoms with Crippen LogP contribution in [0.2, 0.25) is 0 Å². The highest BCUT2D eigenvalue weighted by Crippen LogP contribution is 2.29. The minimum absolute atomic E-state index is 0.463. The minimum atomic E-state index is -4.28. The first-order valence-corrected chi connectivity index (χ1v) is 16.5. The number of halogens is 3. The number of aryl methyl sites for hydroxylation is 1. The monoisotopic (exact) mass is 641 g/mol. The van der Waals surface area contributed by atoms with Crippen molar-refractivity contribution in [1.29, 1.82) is 0 Å². The molecule has 0 radical (unpaired) electrons. The fourth-order valence-corrected chi connectivity index (χ4v) is 4.61. The molecule has 256 valence electrons. The average Bonchev–Trinajstić information content (AvgIpc) is 3.05. The van der Waals surface area contributed by atoms with Gasteiger partial charge in [0.15, 0.2) is 0 Å². The number of nitrogens with one attached hydrogen (secondary N) is 1. The van der Waals surface area contributed by atoms with Gasteiger partial charge in [-0.2, -0.15) is 13.2 Å². The smallest absolute Gasteiger partial charge is 0.401 e. The molecule has 0 unspecified atom stereocenters. The van der Waals surface area contributed by atoms with Crippen molar-refractivity contribution in [2.24, 2.45) is 5.73 Å². The van der Waals surface area contributed by atoms with Crippen molar-refractivity contribution < 1.29 is 18.0 Å². The van der Waals surface area contributed by atoms with Gasteiger partial charge in [0.2, 0.25) is 0 Å². The lowest BCUT2D eigenvalue weighted by Crippen LogP contribution is -2.31. The highest BCUT2D eigenvalue weighted by Gasteiger charge is 2.29. The fourth-order valence-electron chi connectivity index (χ4n) is 4.61. The number of benzene rings is 3. The van der Waals surface area contributed by atoms with Crippen LogP contribution in [-0.2, 0) is 30.5 Å². The van der Waals surface area contributed by atoms with E-state index in [9.17, 15) is 13.2 Å². The Labute approximate surface area is 277 Å². The first-order chi connectivity index (χ1) is 22.0. The van der Waals surface area contributed by atoms with E-state index in [1.54, 1.807) is 0 Å². The Balaban J connectivity index is 0.000000660. The maximum Gasteiger partial charge on any atom is 0.416 e. The van der Waals surface area contributed by atoms with Crippen LogP contribution in [0, 0.1) is 0 Å². The fraction of sp³-hybridized carbons (Fsp3) is 0.462. The Morgan fingerprint density at radius 3 is 1.70 bits per heavy atom. The summed E-state index contributed by atoms with van der Waals surface area (Å²) in [6.07, 6.45) is 4.85. The van der Waals surface area contributed by atoms with Gasteiger partial charge in [-0.05, 0) is 75.4 Å². The van der Waals surface area contributed by atoms with Crippen LogP contribution in [0.1, 0.15) is 102 Å². The molecule has 0 aromatic heterocycles. The molecule has 0 aliphatic carbocycles. The number of aldehydes is 1. The molecule has 0 bridgehead atoms. The second-order valence-corrected chi connectivity index (χ2v) is 11.2. The molecule has 46 heavy (non-hydrogen) atoms. The number of nitrogens with zero attached hydrogens (tertiary/aromatic N) is 1. The van der Waals surface area contributed by atoms with Gasteiger partial charge >= 0.3 is 6.18 Å². The molecule has 0 heterocycles. The summed E-state index contributed by atoms with van der Waals surface area (Å²) in [5.74, 6) is 0. The van der Waals surface area contributed by atoms with Gasteiger partial charge in [-0.15, -0.1) is 0 Å². The molecule has 3 aromatic rings. The molecule has 4 nitrogen and oxygen atoms in total. The quantitative estimate of drug-likeness (QED) is 0.182. The van der Waals surface area contributed by atoms with Crippen molar-refractivity contribution >= 4 is 6.29 Å². The molecule has 7 heteroatoms. The van der Waals surface area contributed by atoms with E-state index in [0.29, 0.717) is 6.54 Å². The summed E-state index contributed by atoms with van der Waals surface area (Å²) in [4.78, 5) is 11.3. The van der Waals surface area contributed by atoms with Crippen LogP contribution in [0.4, 0.5) is 13.2 Å². The van der Waals surface area contributed by atoms with Crippen molar-refractivity contribution in [3.8, 4) is 0 Å². The molecule has 3 rings (SSSR count). The normalized spacial score (nSPS) is 11.2. The lowest BCUT2D eigenvalue weighted by atomic mass is 10.0. The number of nitrogens with two attached hydrogens (primary N) is 1. The number of alkyl halides is 3. The largest absolute Gasteiger partial charge is 0.416 e. The zero-order valence-electron chi connectivity index (χ0n) is 29.2. The molecular formula is C39H58F3N3O. The van der Waals surface area contributed by atoms with Crippen LogP contribution in [-0.4, -0.2) is 24.3 Å². The number of hydrogen-bond acceptors (Lipinski definition) is 4. The third-order valence-corrected chi connectivity index (χ3v) is 7.22. The summed E-state index contributed by atoms with van der Waals surface area (Å²) in [7, 11) is 2.25. The third kappa shape index (κ3) is 19.7. The Morgan fingerprint density at radius 2 is 1.28 bits per heavy atom. The number of rotatable bonds is 13. The molecule has 3 N–H and O–H groups in total. The van der Waals surface area contributed by atoms with Crippen LogP contribution in [0.15, 0.2) is 96.3 Å². The summed E-state index contributed by atoms with van der Waals surface area (Å²) in [5, 5.41) is 3.08. The van der Waals surface area contributed by atoms with E-state index >= 15 is 0 Å². The van der Waals surface area contributed by atoms with Gasteiger partial charge < -0.3 is 15.8 Å². The molecule has 0 amide bonds. The molecule has 3 aromatic carbocycles. The summed E-state index contributed by atoms with van der Waals surface area (Å²) >= 11 is 0. The first-order valence-electron chi connectivity index (χ1n) is 16.5. The molecule has 0 aliphatic rings. The molecule has 0 saturated heterocycles. The van der Waals surface area contributed by atoms with Gasteiger partial charge in [-0.1, -0.05) is 120 Å². The third-order valence-electron chi connectivity index (χ3n) is 7.22. The predicted octanol–water partition coefficient (Wildman–Crippen LogP) is 10.3. The molecule has 0 atom stereocenters. The molecule has 0 spiro atoms. The highest BCUT2D eigenvalue weighted by molar-refractivity contribution is 5.44. The van der Waals surface area contributed by atoms with Gasteiger partial charge in [-0.3, -0.25) is 4.90 Å². The van der Waals surface area contributed by atoms with Crippen LogP contribution in [0.3, 0.4) is 0 Å². The Kier molecular flexibility index (Phi) is 23.6. The van der Waals surface area contributed by atoms with E-state index in [4.69, 9.17) is 10.5 Å². The first kappa shape index (κ1) is 42.4. The summed E-state index contributed by atoms with van der Waals surface area (Å²) in [5.41, 5.74) is 10.4. The van der Waals surface area contributed by atoms with E-state index < -0.39 is 11.7 Å². The van der Waals surface area contributed by atoms with Crippen molar-refractivity contribution in [1.82, 2.24) is 10.2 Å². The lowest BCUT2D eigenvalue weighted by molar-refractivity contribution is -0.137. The highest BCUT2D eigenvalue weighted by atomic mass is 19.4. The second kappa shape index (κ2) is 25.6. The van der Waals surface area contributed by atoms with Crippen LogP contribution in [0.5, 0.6) is 0 Å². The van der Waals surface area contributed by atoms with E-state index in [-0.39, 0.29) is 0 Å². The van der Waals surface area contributed by atoms with Gasteiger partial charge in [-0.25, -0.2) is 0 Å². The maximum absolute atomic E-state index is 12.3. The molecule has 0 saturated carbocycles. The topological polar surface area (TPSA) is 58.4 Å². The molecule has 0 fully saturated rings. The van der Waals surface area contributed by atoms with Crippen LogP contribution in [0.25, 0.3) is 0 Å². The zero-order chi connectivity index (χ0) is 34.8. The Hall–Kier alpha value is -3.58. The van der Waals surface area contributed by atoms with Gasteiger partial charge in [0.25, 0.3) is 0 Å². The average molecular weight is 642 g/mol. The maximum atomic E-state index is 12.3. The summed E-state index contributed by atoms with van der Waals surface area (Å²) < 4.78 is 37.0. The lowest BCUT2D eigenvalue weighted by Gasteiger charge is -2.27. The summed E-state index contributed by atoms with van der Waals surface area (Å²) in [6, 6.07) is 27.2. The number of allylic oxidation sites excluding steroid dienone is 2. The van der Waals surface area contributed by atoms with Crippen molar-refractivity contribution in [3.05, 3.63) is 119 Å². The standard InChI is InChI=1S/C15H25N.C13H17F3N2.C9H12.C2H4O/c1-4-9-15(10-5-2)16(3)13-14-11-7-6-8-12-14;1-3-12(17)9(2)18-8-10-4-6-11(7-5-10)13(14,15)16;1-2-6-9-7-4-3-5-8-9;1-2-3/h6-8,11-12,15H,4-5,9-10,13H2,1-3H3;4-7,18H,3,8,17H2,1-2H3;3-5,7-8H,2,6H2,1H3;2H,1H3/b;12-9-;;. The van der Waals surface area contributed by atoms with Crippen molar-refractivity contribution in [3.63, 3.8) is 0 Å². The Bertz CT molecular complexity index is 1170. The van der Waals surface area contributed by atoms with Crippen LogP contribution < -0.4 is 11.1 Å². The van der Waals surface area contributed by atoms with Crippen LogP contribution >= 0.6 is 0 Å². The SMILES string of the molecule is CC/C(N)=C(\C)NCc1ccc(C(F)(F)F)cc1.CC=O.CCCC(CCC)N(C)Cc1ccccc1.CCCc1ccccc1. The Morgan fingerprint density at radius 1 is 0.804 bits per heavy atom. The van der Waals surface area contributed by atoms with Crippen molar-refractivity contribution in [2.45, 2.75) is 112 Å². The van der Waals surface area contributed by atoms with Gasteiger partial charge in [0.1, 0.15) is 6.29 Å². The molecular weight excluding hydrogens is 583 g/mol. The van der Waals surface area contributed by atoms with E-state index in [1.807, 2.05) is 13.8 Å². The minimum Gasteiger partial charge on any atom is -0.401 e. The van der Waals surface area contributed by atoms with Gasteiger partial charge in [0.05, 0.1) is 5.56 Å².